The van der Waals surface area contributed by atoms with E-state index in [1.54, 1.807) is 0 Å². The van der Waals surface area contributed by atoms with E-state index in [-0.39, 0.29) is 11.7 Å². The van der Waals surface area contributed by atoms with Gasteiger partial charge in [-0.15, -0.1) is 0 Å². The zero-order chi connectivity index (χ0) is 12.9. The van der Waals surface area contributed by atoms with Crippen molar-refractivity contribution >= 4 is 0 Å². The highest BCUT2D eigenvalue weighted by Crippen LogP contribution is 2.59. The van der Waals surface area contributed by atoms with Crippen molar-refractivity contribution in [2.24, 2.45) is 5.92 Å². The van der Waals surface area contributed by atoms with Gasteiger partial charge in [-0.05, 0) is 36.5 Å². The van der Waals surface area contributed by atoms with E-state index in [4.69, 9.17) is 4.74 Å². The Morgan fingerprint density at radius 1 is 1.00 bits per heavy atom. The summed E-state index contributed by atoms with van der Waals surface area (Å²) in [7, 11) is 0. The minimum atomic E-state index is -0.0741. The molecule has 2 aliphatic rings. The van der Waals surface area contributed by atoms with Gasteiger partial charge < -0.3 is 4.74 Å². The molecule has 1 nitrogen and oxygen atoms in total. The standard InChI is InChI=1S/C18H18O/c1-18-15-10-6-5-7-13(15)11-12-16(18)17(19-18)14-8-3-2-4-9-14/h2-10,16-17H,11-12H2,1H3/t16-,17+,18-/m1/s1. The zero-order valence-corrected chi connectivity index (χ0v) is 11.2. The predicted octanol–water partition coefficient (Wildman–Crippen LogP) is 4.24. The molecule has 3 atom stereocenters. The molecule has 4 rings (SSSR count). The smallest absolute Gasteiger partial charge is 0.0970 e. The lowest BCUT2D eigenvalue weighted by Crippen LogP contribution is -2.53. The molecule has 0 unspecified atom stereocenters. The first-order valence-electron chi connectivity index (χ1n) is 7.10. The molecule has 0 radical (unpaired) electrons. The van der Waals surface area contributed by atoms with Crippen LogP contribution in [0.1, 0.15) is 36.1 Å². The molecule has 0 bridgehead atoms. The number of hydrogen-bond acceptors (Lipinski definition) is 1. The fraction of sp³-hybridized carbons (Fsp3) is 0.333. The summed E-state index contributed by atoms with van der Waals surface area (Å²) in [5, 5.41) is 0. The van der Waals surface area contributed by atoms with E-state index in [1.807, 2.05) is 0 Å². The normalized spacial score (nSPS) is 32.1. The van der Waals surface area contributed by atoms with E-state index in [1.165, 1.54) is 29.5 Å². The SMILES string of the molecule is C[C@]12O[C@@H](c3ccccc3)[C@H]1CCc1ccccc12. The summed E-state index contributed by atoms with van der Waals surface area (Å²) in [6.45, 7) is 2.26. The Morgan fingerprint density at radius 2 is 1.74 bits per heavy atom. The van der Waals surface area contributed by atoms with Crippen molar-refractivity contribution in [3.05, 3.63) is 71.3 Å². The van der Waals surface area contributed by atoms with Crippen LogP contribution in [0.4, 0.5) is 0 Å². The van der Waals surface area contributed by atoms with E-state index < -0.39 is 0 Å². The molecule has 1 fully saturated rings. The minimum Gasteiger partial charge on any atom is -0.362 e. The maximum atomic E-state index is 6.34. The first-order valence-corrected chi connectivity index (χ1v) is 7.10. The molecule has 2 aromatic carbocycles. The molecule has 0 amide bonds. The van der Waals surface area contributed by atoms with E-state index in [0.29, 0.717) is 5.92 Å². The molecule has 0 saturated carbocycles. The number of ether oxygens (including phenoxy) is 1. The first-order chi connectivity index (χ1) is 9.29. The van der Waals surface area contributed by atoms with Gasteiger partial charge in [0.2, 0.25) is 0 Å². The van der Waals surface area contributed by atoms with Gasteiger partial charge >= 0.3 is 0 Å². The lowest BCUT2D eigenvalue weighted by molar-refractivity contribution is -0.271. The van der Waals surface area contributed by atoms with Crippen LogP contribution in [-0.4, -0.2) is 0 Å². The van der Waals surface area contributed by atoms with E-state index in [0.717, 1.165) is 0 Å². The van der Waals surface area contributed by atoms with Gasteiger partial charge in [0.1, 0.15) is 0 Å². The lowest BCUT2D eigenvalue weighted by Gasteiger charge is -2.56. The molecule has 96 valence electrons. The van der Waals surface area contributed by atoms with Gasteiger partial charge in [-0.3, -0.25) is 0 Å². The molecule has 1 heteroatoms. The van der Waals surface area contributed by atoms with Gasteiger partial charge in [0.25, 0.3) is 0 Å². The van der Waals surface area contributed by atoms with Crippen LogP contribution >= 0.6 is 0 Å². The molecule has 1 aliphatic carbocycles. The van der Waals surface area contributed by atoms with Crippen molar-refractivity contribution < 1.29 is 4.74 Å². The molecule has 1 saturated heterocycles. The monoisotopic (exact) mass is 250 g/mol. The van der Waals surface area contributed by atoms with Gasteiger partial charge in [-0.2, -0.15) is 0 Å². The van der Waals surface area contributed by atoms with Crippen LogP contribution in [-0.2, 0) is 16.8 Å². The molecule has 0 aromatic heterocycles. The second-order valence-electron chi connectivity index (χ2n) is 5.86. The van der Waals surface area contributed by atoms with Crippen LogP contribution in [0, 0.1) is 5.92 Å². The van der Waals surface area contributed by atoms with Gasteiger partial charge in [-0.1, -0.05) is 54.6 Å². The summed E-state index contributed by atoms with van der Waals surface area (Å²) in [5.74, 6) is 0.616. The van der Waals surface area contributed by atoms with Crippen molar-refractivity contribution in [1.29, 1.82) is 0 Å². The number of hydrogen-bond donors (Lipinski definition) is 0. The number of benzene rings is 2. The second-order valence-corrected chi connectivity index (χ2v) is 5.86. The summed E-state index contributed by atoms with van der Waals surface area (Å²) in [4.78, 5) is 0. The van der Waals surface area contributed by atoms with Crippen LogP contribution in [0.3, 0.4) is 0 Å². The fourth-order valence-electron chi connectivity index (χ4n) is 3.82. The molecule has 0 spiro atoms. The number of aryl methyl sites for hydroxylation is 1. The Kier molecular flexibility index (Phi) is 2.33. The fourth-order valence-corrected chi connectivity index (χ4v) is 3.82. The maximum absolute atomic E-state index is 6.34. The molecule has 1 heterocycles. The maximum Gasteiger partial charge on any atom is 0.0970 e. The topological polar surface area (TPSA) is 9.23 Å². The van der Waals surface area contributed by atoms with Crippen molar-refractivity contribution in [3.8, 4) is 0 Å². The minimum absolute atomic E-state index is 0.0741. The molecular formula is C18H18O. The predicted molar refractivity (Wildman–Crippen MR) is 75.9 cm³/mol. The van der Waals surface area contributed by atoms with Crippen molar-refractivity contribution in [1.82, 2.24) is 0 Å². The molecule has 19 heavy (non-hydrogen) atoms. The van der Waals surface area contributed by atoms with E-state index in [2.05, 4.69) is 61.5 Å². The van der Waals surface area contributed by atoms with E-state index >= 15 is 0 Å². The van der Waals surface area contributed by atoms with Crippen LogP contribution in [0.25, 0.3) is 0 Å². The molecular weight excluding hydrogens is 232 g/mol. The summed E-state index contributed by atoms with van der Waals surface area (Å²) in [6, 6.07) is 19.4. The van der Waals surface area contributed by atoms with Crippen molar-refractivity contribution in [2.45, 2.75) is 31.5 Å². The highest BCUT2D eigenvalue weighted by Gasteiger charge is 2.55. The first kappa shape index (κ1) is 11.2. The van der Waals surface area contributed by atoms with Gasteiger partial charge in [0.05, 0.1) is 11.7 Å². The third-order valence-corrected chi connectivity index (χ3v) is 4.85. The Balaban J connectivity index is 1.71. The summed E-state index contributed by atoms with van der Waals surface area (Å²) < 4.78 is 6.34. The van der Waals surface area contributed by atoms with Crippen molar-refractivity contribution in [2.75, 3.05) is 0 Å². The Morgan fingerprint density at radius 3 is 2.58 bits per heavy atom. The summed E-state index contributed by atoms with van der Waals surface area (Å²) in [6.07, 6.45) is 2.69. The van der Waals surface area contributed by atoms with Crippen LogP contribution < -0.4 is 0 Å². The summed E-state index contributed by atoms with van der Waals surface area (Å²) in [5.41, 5.74) is 4.12. The number of fused-ring (bicyclic) bond motifs is 3. The van der Waals surface area contributed by atoms with Crippen molar-refractivity contribution in [3.63, 3.8) is 0 Å². The lowest BCUT2D eigenvalue weighted by atomic mass is 9.64. The third-order valence-electron chi connectivity index (χ3n) is 4.85. The van der Waals surface area contributed by atoms with Crippen LogP contribution in [0.15, 0.2) is 54.6 Å². The van der Waals surface area contributed by atoms with E-state index in [9.17, 15) is 0 Å². The highest BCUT2D eigenvalue weighted by molar-refractivity contribution is 5.39. The Labute approximate surface area is 114 Å². The van der Waals surface area contributed by atoms with Crippen LogP contribution in [0.5, 0.6) is 0 Å². The molecule has 1 aliphatic heterocycles. The largest absolute Gasteiger partial charge is 0.362 e. The average Bonchev–Trinajstić information content (AvgIpc) is 2.45. The van der Waals surface area contributed by atoms with Gasteiger partial charge in [-0.25, -0.2) is 0 Å². The highest BCUT2D eigenvalue weighted by atomic mass is 16.5. The molecule has 2 aromatic rings. The average molecular weight is 250 g/mol. The van der Waals surface area contributed by atoms with Crippen LogP contribution in [0.2, 0.25) is 0 Å². The summed E-state index contributed by atoms with van der Waals surface area (Å²) >= 11 is 0. The van der Waals surface area contributed by atoms with Gasteiger partial charge in [0, 0.05) is 5.92 Å². The molecule has 0 N–H and O–H groups in total. The quantitative estimate of drug-likeness (QED) is 0.735. The number of rotatable bonds is 1. The Hall–Kier alpha value is -1.60. The Bertz CT molecular complexity index is 604. The zero-order valence-electron chi connectivity index (χ0n) is 11.2. The van der Waals surface area contributed by atoms with Gasteiger partial charge in [0.15, 0.2) is 0 Å². The third kappa shape index (κ3) is 1.51. The second kappa shape index (κ2) is 3.94.